The Morgan fingerprint density at radius 3 is 2.27 bits per heavy atom. The SMILES string of the molecule is O=C(NCCC1CCCCC1)C(=O)Nc1ccccc1C(=O)NCc1ccccc1. The highest BCUT2D eigenvalue weighted by molar-refractivity contribution is 6.40. The first-order valence-electron chi connectivity index (χ1n) is 10.6. The van der Waals surface area contributed by atoms with E-state index in [0.29, 0.717) is 30.3 Å². The van der Waals surface area contributed by atoms with Crippen LogP contribution in [0.5, 0.6) is 0 Å². The number of hydrogen-bond acceptors (Lipinski definition) is 3. The summed E-state index contributed by atoms with van der Waals surface area (Å²) in [6, 6.07) is 16.2. The Bertz CT molecular complexity index is 861. The molecule has 0 spiro atoms. The fourth-order valence-corrected chi connectivity index (χ4v) is 3.79. The van der Waals surface area contributed by atoms with E-state index < -0.39 is 11.8 Å². The molecule has 0 atom stereocenters. The van der Waals surface area contributed by atoms with Gasteiger partial charge in [0.25, 0.3) is 5.91 Å². The number of anilines is 1. The molecule has 158 valence electrons. The summed E-state index contributed by atoms with van der Waals surface area (Å²) < 4.78 is 0. The molecule has 0 aliphatic heterocycles. The van der Waals surface area contributed by atoms with Gasteiger partial charge in [0.2, 0.25) is 0 Å². The van der Waals surface area contributed by atoms with Gasteiger partial charge in [0.15, 0.2) is 0 Å². The van der Waals surface area contributed by atoms with Crippen LogP contribution in [0.15, 0.2) is 54.6 Å². The molecule has 0 aromatic heterocycles. The molecule has 0 unspecified atom stereocenters. The number of nitrogens with one attached hydrogen (secondary N) is 3. The molecule has 6 nitrogen and oxygen atoms in total. The van der Waals surface area contributed by atoms with Gasteiger partial charge in [0.1, 0.15) is 0 Å². The molecule has 0 bridgehead atoms. The van der Waals surface area contributed by atoms with Crippen molar-refractivity contribution >= 4 is 23.4 Å². The Labute approximate surface area is 177 Å². The monoisotopic (exact) mass is 407 g/mol. The van der Waals surface area contributed by atoms with Gasteiger partial charge < -0.3 is 16.0 Å². The van der Waals surface area contributed by atoms with Gasteiger partial charge in [-0.1, -0.05) is 74.6 Å². The minimum absolute atomic E-state index is 0.313. The molecule has 3 amide bonds. The largest absolute Gasteiger partial charge is 0.348 e. The summed E-state index contributed by atoms with van der Waals surface area (Å²) in [5.41, 5.74) is 1.61. The summed E-state index contributed by atoms with van der Waals surface area (Å²) >= 11 is 0. The summed E-state index contributed by atoms with van der Waals surface area (Å²) in [4.78, 5) is 37.0. The Hall–Kier alpha value is -3.15. The van der Waals surface area contributed by atoms with E-state index >= 15 is 0 Å². The molecule has 1 aliphatic carbocycles. The van der Waals surface area contributed by atoms with Crippen LogP contribution in [0.1, 0.15) is 54.4 Å². The lowest BCUT2D eigenvalue weighted by Gasteiger charge is -2.21. The van der Waals surface area contributed by atoms with E-state index in [4.69, 9.17) is 0 Å². The molecule has 1 fully saturated rings. The van der Waals surface area contributed by atoms with Crippen LogP contribution in [-0.2, 0) is 16.1 Å². The van der Waals surface area contributed by atoms with Crippen LogP contribution in [-0.4, -0.2) is 24.3 Å². The van der Waals surface area contributed by atoms with E-state index in [2.05, 4.69) is 16.0 Å². The van der Waals surface area contributed by atoms with Crippen LogP contribution in [0, 0.1) is 5.92 Å². The van der Waals surface area contributed by atoms with Gasteiger partial charge in [-0.2, -0.15) is 0 Å². The molecule has 0 saturated heterocycles. The molecular formula is C24H29N3O3. The first-order valence-corrected chi connectivity index (χ1v) is 10.6. The predicted octanol–water partition coefficient (Wildman–Crippen LogP) is 3.64. The van der Waals surface area contributed by atoms with Crippen LogP contribution < -0.4 is 16.0 Å². The maximum absolute atomic E-state index is 12.6. The second-order valence-corrected chi connectivity index (χ2v) is 7.72. The highest BCUT2D eigenvalue weighted by Crippen LogP contribution is 2.25. The summed E-state index contributed by atoms with van der Waals surface area (Å²) in [7, 11) is 0. The predicted molar refractivity (Wildman–Crippen MR) is 117 cm³/mol. The zero-order valence-electron chi connectivity index (χ0n) is 17.2. The molecule has 0 radical (unpaired) electrons. The maximum atomic E-state index is 12.6. The molecule has 6 heteroatoms. The number of carbonyl (C=O) groups excluding carboxylic acids is 3. The highest BCUT2D eigenvalue weighted by atomic mass is 16.2. The fraction of sp³-hybridized carbons (Fsp3) is 0.375. The zero-order valence-corrected chi connectivity index (χ0v) is 17.2. The van der Waals surface area contributed by atoms with Crippen molar-refractivity contribution in [1.29, 1.82) is 0 Å². The van der Waals surface area contributed by atoms with Gasteiger partial charge in [-0.25, -0.2) is 0 Å². The van der Waals surface area contributed by atoms with Gasteiger partial charge in [-0.15, -0.1) is 0 Å². The number of para-hydroxylation sites is 1. The summed E-state index contributed by atoms with van der Waals surface area (Å²) in [5, 5.41) is 8.10. The minimum Gasteiger partial charge on any atom is -0.348 e. The van der Waals surface area contributed by atoms with Crippen LogP contribution >= 0.6 is 0 Å². The van der Waals surface area contributed by atoms with Crippen molar-refractivity contribution in [2.75, 3.05) is 11.9 Å². The lowest BCUT2D eigenvalue weighted by atomic mass is 9.87. The second kappa shape index (κ2) is 11.1. The zero-order chi connectivity index (χ0) is 21.2. The lowest BCUT2D eigenvalue weighted by molar-refractivity contribution is -0.136. The van der Waals surface area contributed by atoms with Gasteiger partial charge in [-0.05, 0) is 30.0 Å². The quantitative estimate of drug-likeness (QED) is 0.613. The van der Waals surface area contributed by atoms with Gasteiger partial charge >= 0.3 is 11.8 Å². The summed E-state index contributed by atoms with van der Waals surface area (Å²) in [6.07, 6.45) is 7.10. The van der Waals surface area contributed by atoms with E-state index in [0.717, 1.165) is 12.0 Å². The van der Waals surface area contributed by atoms with Crippen molar-refractivity contribution in [3.8, 4) is 0 Å². The van der Waals surface area contributed by atoms with E-state index in [-0.39, 0.29) is 5.91 Å². The Balaban J connectivity index is 1.50. The average Bonchev–Trinajstić information content (AvgIpc) is 2.79. The summed E-state index contributed by atoms with van der Waals surface area (Å²) in [5.74, 6) is -1.11. The van der Waals surface area contributed by atoms with Crippen LogP contribution in [0.2, 0.25) is 0 Å². The molecule has 3 rings (SSSR count). The third-order valence-electron chi connectivity index (χ3n) is 5.48. The van der Waals surface area contributed by atoms with Gasteiger partial charge in [-0.3, -0.25) is 14.4 Å². The number of benzene rings is 2. The Kier molecular flexibility index (Phi) is 8.01. The molecule has 1 saturated carbocycles. The van der Waals surface area contributed by atoms with Gasteiger partial charge in [0.05, 0.1) is 11.3 Å². The first-order chi connectivity index (χ1) is 14.6. The molecule has 0 heterocycles. The maximum Gasteiger partial charge on any atom is 0.313 e. The normalized spacial score (nSPS) is 14.0. The van der Waals surface area contributed by atoms with Crippen LogP contribution in [0.25, 0.3) is 0 Å². The molecule has 1 aliphatic rings. The van der Waals surface area contributed by atoms with Crippen molar-refractivity contribution in [3.05, 3.63) is 65.7 Å². The molecular weight excluding hydrogens is 378 g/mol. The smallest absolute Gasteiger partial charge is 0.313 e. The van der Waals surface area contributed by atoms with Crippen LogP contribution in [0.3, 0.4) is 0 Å². The molecule has 3 N–H and O–H groups in total. The summed E-state index contributed by atoms with van der Waals surface area (Å²) in [6.45, 7) is 0.875. The Morgan fingerprint density at radius 1 is 0.800 bits per heavy atom. The molecule has 30 heavy (non-hydrogen) atoms. The highest BCUT2D eigenvalue weighted by Gasteiger charge is 2.19. The van der Waals surface area contributed by atoms with E-state index in [9.17, 15) is 14.4 Å². The van der Waals surface area contributed by atoms with Crippen molar-refractivity contribution in [3.63, 3.8) is 0 Å². The standard InChI is InChI=1S/C24H29N3O3/c28-22(26-17-19-11-5-2-6-12-19)20-13-7-8-14-21(20)27-24(30)23(29)25-16-15-18-9-3-1-4-10-18/h2,5-8,11-14,18H,1,3-4,9-10,15-17H2,(H,25,29)(H,26,28)(H,27,30). The average molecular weight is 408 g/mol. The molecule has 2 aromatic carbocycles. The third-order valence-corrected chi connectivity index (χ3v) is 5.48. The fourth-order valence-electron chi connectivity index (χ4n) is 3.79. The van der Waals surface area contributed by atoms with Crippen molar-refractivity contribution < 1.29 is 14.4 Å². The van der Waals surface area contributed by atoms with Crippen molar-refractivity contribution in [1.82, 2.24) is 10.6 Å². The van der Waals surface area contributed by atoms with E-state index in [1.165, 1.54) is 32.1 Å². The number of amides is 3. The van der Waals surface area contributed by atoms with E-state index in [1.807, 2.05) is 30.3 Å². The van der Waals surface area contributed by atoms with E-state index in [1.54, 1.807) is 24.3 Å². The Morgan fingerprint density at radius 2 is 1.50 bits per heavy atom. The number of carbonyl (C=O) groups is 3. The third kappa shape index (κ3) is 6.44. The second-order valence-electron chi connectivity index (χ2n) is 7.72. The van der Waals surface area contributed by atoms with Crippen molar-refractivity contribution in [2.24, 2.45) is 5.92 Å². The van der Waals surface area contributed by atoms with Gasteiger partial charge in [0, 0.05) is 13.1 Å². The topological polar surface area (TPSA) is 87.3 Å². The van der Waals surface area contributed by atoms with Crippen LogP contribution in [0.4, 0.5) is 5.69 Å². The number of hydrogen-bond donors (Lipinski definition) is 3. The number of rotatable bonds is 7. The molecule has 2 aromatic rings. The minimum atomic E-state index is -0.762. The first kappa shape index (κ1) is 21.6. The van der Waals surface area contributed by atoms with Crippen molar-refractivity contribution in [2.45, 2.75) is 45.1 Å². The lowest BCUT2D eigenvalue weighted by Crippen LogP contribution is -2.37.